The Bertz CT molecular complexity index is 1350. The van der Waals surface area contributed by atoms with Crippen LogP contribution in [0.5, 0.6) is 0 Å². The summed E-state index contributed by atoms with van der Waals surface area (Å²) < 4.78 is 4.18. The quantitative estimate of drug-likeness (QED) is 0.313. The molecule has 3 aromatic carbocycles. The zero-order valence-corrected chi connectivity index (χ0v) is 21.3. The van der Waals surface area contributed by atoms with Gasteiger partial charge in [0.25, 0.3) is 0 Å². The van der Waals surface area contributed by atoms with Crippen molar-refractivity contribution in [2.24, 2.45) is 4.99 Å². The van der Waals surface area contributed by atoms with Crippen LogP contribution in [-0.4, -0.2) is 14.2 Å². The maximum atomic E-state index is 10.7. The fourth-order valence-electron chi connectivity index (χ4n) is 4.78. The van der Waals surface area contributed by atoms with Crippen molar-refractivity contribution >= 4 is 17.4 Å². The Morgan fingerprint density at radius 1 is 0.735 bits per heavy atom. The number of aromatic nitrogens is 2. The highest BCUT2D eigenvalue weighted by molar-refractivity contribution is 6.30. The highest BCUT2D eigenvalue weighted by atomic mass is 35.5. The summed E-state index contributed by atoms with van der Waals surface area (Å²) in [6.07, 6.45) is 5.58. The van der Waals surface area contributed by atoms with Crippen molar-refractivity contribution in [1.29, 1.82) is 0 Å². The van der Waals surface area contributed by atoms with Crippen LogP contribution >= 0.6 is 11.6 Å². The Kier molecular flexibility index (Phi) is 6.54. The van der Waals surface area contributed by atoms with Crippen LogP contribution in [0.2, 0.25) is 5.02 Å². The summed E-state index contributed by atoms with van der Waals surface area (Å²) in [6.45, 7) is 12.7. The van der Waals surface area contributed by atoms with Crippen molar-refractivity contribution in [3.05, 3.63) is 117 Å². The van der Waals surface area contributed by atoms with E-state index in [2.05, 4.69) is 74.9 Å². The lowest BCUT2D eigenvalue weighted by Gasteiger charge is -2.15. The first-order chi connectivity index (χ1) is 16.2. The number of hydrogen-bond donors (Lipinski definition) is 1. The van der Waals surface area contributed by atoms with Gasteiger partial charge in [0, 0.05) is 23.0 Å². The van der Waals surface area contributed by atoms with Gasteiger partial charge in [-0.25, -0.2) is 4.99 Å². The molecule has 1 heterocycles. The van der Waals surface area contributed by atoms with Gasteiger partial charge in [-0.2, -0.15) is 0 Å². The van der Waals surface area contributed by atoms with Gasteiger partial charge in [-0.15, -0.1) is 0 Å². The van der Waals surface area contributed by atoms with Crippen LogP contribution in [0.3, 0.4) is 0 Å². The average molecular weight is 472 g/mol. The SMILES string of the molecule is Cc1cc(C)c(-n2ccn(-c3c(C)cc(C)cc3C)c2=N/C=C(\O)c2ccc(Cl)cc2)c(C)c1. The summed E-state index contributed by atoms with van der Waals surface area (Å²) in [5.74, 6) is 0.0747. The van der Waals surface area contributed by atoms with Crippen LogP contribution in [0.15, 0.2) is 72.1 Å². The summed E-state index contributed by atoms with van der Waals surface area (Å²) in [5.41, 5.74) is 10.6. The minimum absolute atomic E-state index is 0.0747. The van der Waals surface area contributed by atoms with Gasteiger partial charge in [0.05, 0.1) is 17.6 Å². The second-order valence-electron chi connectivity index (χ2n) is 8.98. The standard InChI is InChI=1S/C29H30ClN3O/c1-18-13-20(3)27(21(4)14-18)32-11-12-33(28-22(5)15-19(2)16-23(28)6)29(32)31-17-26(34)24-7-9-25(30)10-8-24/h7-17,34H,1-6H3/b26-17-. The number of aliphatic hydroxyl groups excluding tert-OH is 1. The lowest BCUT2D eigenvalue weighted by atomic mass is 10.0. The van der Waals surface area contributed by atoms with Gasteiger partial charge in [-0.3, -0.25) is 9.13 Å². The third-order valence-electron chi connectivity index (χ3n) is 5.99. The molecule has 4 nitrogen and oxygen atoms in total. The number of halogens is 1. The molecule has 0 amide bonds. The molecule has 0 saturated heterocycles. The molecule has 1 N–H and O–H groups in total. The van der Waals surface area contributed by atoms with Gasteiger partial charge in [-0.1, -0.05) is 47.0 Å². The van der Waals surface area contributed by atoms with E-state index in [1.165, 1.54) is 39.6 Å². The average Bonchev–Trinajstić information content (AvgIpc) is 3.14. The van der Waals surface area contributed by atoms with E-state index < -0.39 is 0 Å². The maximum absolute atomic E-state index is 10.7. The first-order valence-corrected chi connectivity index (χ1v) is 11.7. The number of aliphatic hydroxyl groups is 1. The number of aryl methyl sites for hydroxylation is 6. The van der Waals surface area contributed by atoms with Gasteiger partial charge < -0.3 is 5.11 Å². The van der Waals surface area contributed by atoms with Gasteiger partial charge >= 0.3 is 0 Å². The van der Waals surface area contributed by atoms with Crippen LogP contribution in [-0.2, 0) is 0 Å². The Balaban J connectivity index is 2.00. The van der Waals surface area contributed by atoms with E-state index in [4.69, 9.17) is 16.6 Å². The number of rotatable bonds is 4. The summed E-state index contributed by atoms with van der Waals surface area (Å²) in [6, 6.07) is 15.8. The number of nitrogens with zero attached hydrogens (tertiary/aromatic N) is 3. The first-order valence-electron chi connectivity index (χ1n) is 11.3. The van der Waals surface area contributed by atoms with E-state index in [0.717, 1.165) is 11.4 Å². The summed E-state index contributed by atoms with van der Waals surface area (Å²) in [5, 5.41) is 11.4. The third-order valence-corrected chi connectivity index (χ3v) is 6.24. The van der Waals surface area contributed by atoms with Gasteiger partial charge in [-0.05, 0) is 88.1 Å². The van der Waals surface area contributed by atoms with Gasteiger partial charge in [0.2, 0.25) is 5.62 Å². The Hall–Kier alpha value is -3.50. The predicted octanol–water partition coefficient (Wildman–Crippen LogP) is 7.23. The molecule has 34 heavy (non-hydrogen) atoms. The molecule has 174 valence electrons. The predicted molar refractivity (Wildman–Crippen MR) is 141 cm³/mol. The van der Waals surface area contributed by atoms with Crippen LogP contribution in [0.1, 0.15) is 38.9 Å². The molecule has 4 aromatic rings. The summed E-state index contributed by atoms with van der Waals surface area (Å²) in [7, 11) is 0. The Labute approximate surface area is 206 Å². The molecule has 5 heteroatoms. The van der Waals surface area contributed by atoms with Crippen molar-refractivity contribution in [3.63, 3.8) is 0 Å². The fraction of sp³-hybridized carbons (Fsp3) is 0.207. The van der Waals surface area contributed by atoms with Crippen molar-refractivity contribution in [3.8, 4) is 11.4 Å². The largest absolute Gasteiger partial charge is 0.506 e. The molecular weight excluding hydrogens is 442 g/mol. The van der Waals surface area contributed by atoms with Crippen LogP contribution in [0, 0.1) is 41.5 Å². The fourth-order valence-corrected chi connectivity index (χ4v) is 4.90. The van der Waals surface area contributed by atoms with Crippen LogP contribution < -0.4 is 5.62 Å². The molecule has 0 saturated carbocycles. The topological polar surface area (TPSA) is 42.5 Å². The molecule has 4 rings (SSSR count). The molecule has 0 spiro atoms. The monoisotopic (exact) mass is 471 g/mol. The Morgan fingerprint density at radius 2 is 1.15 bits per heavy atom. The molecule has 0 fully saturated rings. The smallest absolute Gasteiger partial charge is 0.219 e. The van der Waals surface area contributed by atoms with Crippen molar-refractivity contribution in [2.45, 2.75) is 41.5 Å². The van der Waals surface area contributed by atoms with Crippen molar-refractivity contribution in [1.82, 2.24) is 9.13 Å². The van der Waals surface area contributed by atoms with Crippen LogP contribution in [0.25, 0.3) is 17.1 Å². The molecule has 1 aromatic heterocycles. The zero-order chi connectivity index (χ0) is 24.6. The van der Waals surface area contributed by atoms with E-state index in [0.29, 0.717) is 16.2 Å². The second-order valence-corrected chi connectivity index (χ2v) is 9.42. The molecule has 0 aliphatic heterocycles. The molecule has 0 bridgehead atoms. The molecule has 0 aliphatic rings. The van der Waals surface area contributed by atoms with E-state index in [-0.39, 0.29) is 5.76 Å². The molecular formula is C29H30ClN3O. The minimum Gasteiger partial charge on any atom is -0.506 e. The van der Waals surface area contributed by atoms with E-state index in [1.54, 1.807) is 24.3 Å². The summed E-state index contributed by atoms with van der Waals surface area (Å²) >= 11 is 6.00. The van der Waals surface area contributed by atoms with E-state index in [9.17, 15) is 5.11 Å². The lowest BCUT2D eigenvalue weighted by molar-refractivity contribution is 0.510. The lowest BCUT2D eigenvalue weighted by Crippen LogP contribution is -2.25. The first kappa shape index (κ1) is 23.7. The van der Waals surface area contributed by atoms with Crippen molar-refractivity contribution in [2.75, 3.05) is 0 Å². The highest BCUT2D eigenvalue weighted by Crippen LogP contribution is 2.23. The second kappa shape index (κ2) is 9.40. The molecule has 0 aliphatic carbocycles. The zero-order valence-electron chi connectivity index (χ0n) is 20.5. The molecule has 0 unspecified atom stereocenters. The molecule has 0 atom stereocenters. The highest BCUT2D eigenvalue weighted by Gasteiger charge is 2.14. The van der Waals surface area contributed by atoms with Gasteiger partial charge in [0.15, 0.2) is 0 Å². The summed E-state index contributed by atoms with van der Waals surface area (Å²) in [4.78, 5) is 4.81. The number of hydrogen-bond acceptors (Lipinski definition) is 2. The maximum Gasteiger partial charge on any atom is 0.219 e. The molecule has 0 radical (unpaired) electrons. The Morgan fingerprint density at radius 3 is 1.56 bits per heavy atom. The van der Waals surface area contributed by atoms with E-state index >= 15 is 0 Å². The van der Waals surface area contributed by atoms with E-state index in [1.807, 2.05) is 12.4 Å². The minimum atomic E-state index is 0.0747. The number of imidazole rings is 1. The third kappa shape index (κ3) is 4.59. The van der Waals surface area contributed by atoms with Crippen LogP contribution in [0.4, 0.5) is 0 Å². The normalized spacial score (nSPS) is 11.7. The van der Waals surface area contributed by atoms with Crippen molar-refractivity contribution < 1.29 is 5.11 Å². The number of benzene rings is 3. The van der Waals surface area contributed by atoms with Gasteiger partial charge in [0.1, 0.15) is 5.76 Å².